The zero-order valence-corrected chi connectivity index (χ0v) is 21.1. The highest BCUT2D eigenvalue weighted by molar-refractivity contribution is 7.89. The van der Waals surface area contributed by atoms with Crippen LogP contribution >= 0.6 is 0 Å². The number of rotatable bonds is 10. The van der Waals surface area contributed by atoms with Crippen molar-refractivity contribution in [3.63, 3.8) is 0 Å². The fourth-order valence-corrected chi connectivity index (χ4v) is 4.93. The predicted octanol–water partition coefficient (Wildman–Crippen LogP) is 1.33. The number of carbonyl (C=O) groups excluding carboxylic acids is 2. The molecular formula is C25H31N3O7S. The van der Waals surface area contributed by atoms with Crippen LogP contribution in [0.3, 0.4) is 0 Å². The third kappa shape index (κ3) is 7.36. The van der Waals surface area contributed by atoms with Crippen molar-refractivity contribution in [1.82, 2.24) is 14.9 Å². The Bertz CT molecular complexity index is 1180. The van der Waals surface area contributed by atoms with E-state index in [0.717, 1.165) is 35.8 Å². The summed E-state index contributed by atoms with van der Waals surface area (Å²) >= 11 is 0. The molecule has 0 unspecified atom stereocenters. The molecule has 1 saturated heterocycles. The van der Waals surface area contributed by atoms with Crippen molar-refractivity contribution in [1.29, 1.82) is 0 Å². The number of benzene rings is 2. The third-order valence-corrected chi connectivity index (χ3v) is 7.80. The number of sulfonamides is 1. The fourth-order valence-electron chi connectivity index (χ4n) is 3.80. The van der Waals surface area contributed by atoms with Crippen molar-refractivity contribution in [2.24, 2.45) is 5.92 Å². The van der Waals surface area contributed by atoms with E-state index >= 15 is 0 Å². The standard InChI is InChI=1S/C25H31N3O7S/c1-17-3-9-21(10-4-17)36(33,34)28(2)16-23(29)27-22(24(30)31)15-18-5-7-20(8-6-18)35-25(32)19-11-13-26-14-12-19/h3-10,19,22,26H,11-16H2,1-2H3,(H,27,29)(H,30,31)/t22-/m0/s1. The number of piperidine rings is 1. The molecule has 194 valence electrons. The second-order valence-electron chi connectivity index (χ2n) is 8.83. The largest absolute Gasteiger partial charge is 0.480 e. The van der Waals surface area contributed by atoms with Gasteiger partial charge in [-0.3, -0.25) is 9.59 Å². The van der Waals surface area contributed by atoms with Crippen LogP contribution in [0.15, 0.2) is 53.4 Å². The zero-order chi connectivity index (χ0) is 26.3. The Balaban J connectivity index is 1.56. The minimum absolute atomic E-state index is 0.0297. The first-order chi connectivity index (χ1) is 17.1. The van der Waals surface area contributed by atoms with Gasteiger partial charge in [0.25, 0.3) is 0 Å². The van der Waals surface area contributed by atoms with Crippen molar-refractivity contribution in [2.45, 2.75) is 37.1 Å². The predicted molar refractivity (Wildman–Crippen MR) is 132 cm³/mol. The lowest BCUT2D eigenvalue weighted by atomic mass is 9.98. The van der Waals surface area contributed by atoms with Crippen LogP contribution in [-0.2, 0) is 30.8 Å². The highest BCUT2D eigenvalue weighted by Crippen LogP contribution is 2.19. The molecule has 11 heteroatoms. The average Bonchev–Trinajstić information content (AvgIpc) is 2.85. The quantitative estimate of drug-likeness (QED) is 0.317. The van der Waals surface area contributed by atoms with E-state index in [2.05, 4.69) is 10.6 Å². The number of carboxylic acids is 1. The Morgan fingerprint density at radius 3 is 2.28 bits per heavy atom. The highest BCUT2D eigenvalue weighted by Gasteiger charge is 2.26. The lowest BCUT2D eigenvalue weighted by Gasteiger charge is -2.21. The molecule has 36 heavy (non-hydrogen) atoms. The van der Waals surface area contributed by atoms with Gasteiger partial charge in [-0.05, 0) is 62.7 Å². The second-order valence-corrected chi connectivity index (χ2v) is 10.9. The zero-order valence-electron chi connectivity index (χ0n) is 20.3. The number of nitrogens with zero attached hydrogens (tertiary/aromatic N) is 1. The molecule has 0 radical (unpaired) electrons. The van der Waals surface area contributed by atoms with E-state index in [1.54, 1.807) is 36.4 Å². The molecular weight excluding hydrogens is 486 g/mol. The minimum Gasteiger partial charge on any atom is -0.480 e. The Morgan fingerprint density at radius 2 is 1.69 bits per heavy atom. The number of carboxylic acid groups (broad SMARTS) is 1. The Morgan fingerprint density at radius 1 is 1.08 bits per heavy atom. The highest BCUT2D eigenvalue weighted by atomic mass is 32.2. The molecule has 1 atom stereocenters. The lowest BCUT2D eigenvalue weighted by molar-refractivity contribution is -0.141. The molecule has 0 bridgehead atoms. The van der Waals surface area contributed by atoms with E-state index in [1.165, 1.54) is 19.2 Å². The number of hydrogen-bond donors (Lipinski definition) is 3. The first-order valence-corrected chi connectivity index (χ1v) is 13.1. The summed E-state index contributed by atoms with van der Waals surface area (Å²) in [6.45, 7) is 2.84. The molecule has 1 aliphatic rings. The fraction of sp³-hybridized carbons (Fsp3) is 0.400. The van der Waals surface area contributed by atoms with Gasteiger partial charge in [-0.1, -0.05) is 29.8 Å². The van der Waals surface area contributed by atoms with Gasteiger partial charge in [0.2, 0.25) is 15.9 Å². The van der Waals surface area contributed by atoms with E-state index in [-0.39, 0.29) is 23.2 Å². The van der Waals surface area contributed by atoms with Crippen LogP contribution in [0.2, 0.25) is 0 Å². The Hall–Kier alpha value is -3.28. The van der Waals surface area contributed by atoms with Gasteiger partial charge in [0.1, 0.15) is 11.8 Å². The summed E-state index contributed by atoms with van der Waals surface area (Å²) in [6, 6.07) is 11.4. The number of nitrogens with one attached hydrogen (secondary N) is 2. The molecule has 3 rings (SSSR count). The van der Waals surface area contributed by atoms with Crippen molar-refractivity contribution in [2.75, 3.05) is 26.7 Å². The van der Waals surface area contributed by atoms with E-state index in [1.807, 2.05) is 6.92 Å². The summed E-state index contributed by atoms with van der Waals surface area (Å²) in [6.07, 6.45) is 1.41. The van der Waals surface area contributed by atoms with Gasteiger partial charge in [-0.2, -0.15) is 4.31 Å². The monoisotopic (exact) mass is 517 g/mol. The molecule has 0 aliphatic carbocycles. The van der Waals surface area contributed by atoms with Crippen molar-refractivity contribution < 1.29 is 32.6 Å². The molecule has 0 saturated carbocycles. The summed E-state index contributed by atoms with van der Waals surface area (Å²) in [5, 5.41) is 15.2. The molecule has 1 heterocycles. The number of hydrogen-bond acceptors (Lipinski definition) is 7. The molecule has 10 nitrogen and oxygen atoms in total. The summed E-state index contributed by atoms with van der Waals surface area (Å²) in [7, 11) is -2.65. The van der Waals surface area contributed by atoms with Crippen LogP contribution < -0.4 is 15.4 Å². The maximum atomic E-state index is 12.7. The van der Waals surface area contributed by atoms with Gasteiger partial charge in [-0.25, -0.2) is 13.2 Å². The lowest BCUT2D eigenvalue weighted by Crippen LogP contribution is -2.46. The summed E-state index contributed by atoms with van der Waals surface area (Å²) in [4.78, 5) is 36.5. The van der Waals surface area contributed by atoms with E-state index in [4.69, 9.17) is 4.74 Å². The number of likely N-dealkylation sites (N-methyl/N-ethyl adjacent to an activating group) is 1. The first-order valence-electron chi connectivity index (χ1n) is 11.6. The van der Waals surface area contributed by atoms with Crippen LogP contribution in [0.4, 0.5) is 0 Å². The molecule has 1 amide bonds. The van der Waals surface area contributed by atoms with Gasteiger partial charge in [0.05, 0.1) is 17.4 Å². The van der Waals surface area contributed by atoms with Crippen molar-refractivity contribution in [3.8, 4) is 5.75 Å². The third-order valence-electron chi connectivity index (χ3n) is 5.98. The summed E-state index contributed by atoms with van der Waals surface area (Å²) in [5.41, 5.74) is 1.50. The van der Waals surface area contributed by atoms with E-state index < -0.39 is 34.5 Å². The van der Waals surface area contributed by atoms with Crippen LogP contribution in [0.1, 0.15) is 24.0 Å². The van der Waals surface area contributed by atoms with Crippen LogP contribution in [0.25, 0.3) is 0 Å². The van der Waals surface area contributed by atoms with Crippen LogP contribution in [0, 0.1) is 12.8 Å². The number of amides is 1. The van der Waals surface area contributed by atoms with Gasteiger partial charge in [0.15, 0.2) is 0 Å². The van der Waals surface area contributed by atoms with Crippen LogP contribution in [-0.4, -0.2) is 68.4 Å². The number of esters is 1. The first kappa shape index (κ1) is 27.3. The number of aryl methyl sites for hydroxylation is 1. The molecule has 0 spiro atoms. The minimum atomic E-state index is -3.91. The molecule has 2 aromatic rings. The molecule has 2 aromatic carbocycles. The number of carbonyl (C=O) groups is 3. The topological polar surface area (TPSA) is 142 Å². The molecule has 1 fully saturated rings. The van der Waals surface area contributed by atoms with Gasteiger partial charge < -0.3 is 20.5 Å². The maximum Gasteiger partial charge on any atom is 0.326 e. The normalized spacial score (nSPS) is 15.3. The van der Waals surface area contributed by atoms with Crippen molar-refractivity contribution in [3.05, 3.63) is 59.7 Å². The van der Waals surface area contributed by atoms with Gasteiger partial charge >= 0.3 is 11.9 Å². The Labute approximate surface area is 210 Å². The summed E-state index contributed by atoms with van der Waals surface area (Å²) < 4.78 is 31.7. The average molecular weight is 518 g/mol. The Kier molecular flexibility index (Phi) is 9.19. The second kappa shape index (κ2) is 12.1. The van der Waals surface area contributed by atoms with E-state index in [9.17, 15) is 27.9 Å². The maximum absolute atomic E-state index is 12.7. The van der Waals surface area contributed by atoms with Gasteiger partial charge in [0, 0.05) is 13.5 Å². The van der Waals surface area contributed by atoms with E-state index in [0.29, 0.717) is 11.3 Å². The van der Waals surface area contributed by atoms with Crippen molar-refractivity contribution >= 4 is 27.9 Å². The molecule has 0 aromatic heterocycles. The summed E-state index contributed by atoms with van der Waals surface area (Å²) in [5.74, 6) is -2.07. The SMILES string of the molecule is Cc1ccc(S(=O)(=O)N(C)CC(=O)N[C@@H](Cc2ccc(OC(=O)C3CCNCC3)cc2)C(=O)O)cc1. The number of ether oxygens (including phenoxy) is 1. The number of aliphatic carboxylic acids is 1. The smallest absolute Gasteiger partial charge is 0.326 e. The van der Waals surface area contributed by atoms with Crippen LogP contribution in [0.5, 0.6) is 5.75 Å². The van der Waals surface area contributed by atoms with Gasteiger partial charge in [-0.15, -0.1) is 0 Å². The molecule has 1 aliphatic heterocycles. The molecule has 3 N–H and O–H groups in total.